The molecule has 0 saturated carbocycles. The van der Waals surface area contributed by atoms with E-state index >= 15 is 0 Å². The number of nitrogens with zero attached hydrogens (tertiary/aromatic N) is 4. The second kappa shape index (κ2) is 5.74. The molecule has 3 heterocycles. The number of carbonyl (C=O) groups excluding carboxylic acids is 1. The molecule has 1 fully saturated rings. The molecule has 126 valence electrons. The Bertz CT molecular complexity index is 775. The first-order chi connectivity index (χ1) is 11.5. The number of hydrogen-bond donors (Lipinski definition) is 0. The van der Waals surface area contributed by atoms with Crippen molar-refractivity contribution in [1.82, 2.24) is 14.7 Å². The molecule has 1 unspecified atom stereocenters. The van der Waals surface area contributed by atoms with E-state index in [2.05, 4.69) is 46.7 Å². The van der Waals surface area contributed by atoms with Crippen molar-refractivity contribution in [1.29, 1.82) is 0 Å². The van der Waals surface area contributed by atoms with E-state index in [1.807, 2.05) is 24.0 Å². The van der Waals surface area contributed by atoms with Gasteiger partial charge in [0.15, 0.2) is 0 Å². The van der Waals surface area contributed by atoms with Crippen molar-refractivity contribution in [3.8, 4) is 0 Å². The minimum Gasteiger partial charge on any atom is -0.308 e. The van der Waals surface area contributed by atoms with E-state index in [0.29, 0.717) is 12.6 Å². The molecule has 1 saturated heterocycles. The smallest absolute Gasteiger partial charge is 0.241 e. The van der Waals surface area contributed by atoms with Gasteiger partial charge in [-0.3, -0.25) is 14.4 Å². The Morgan fingerprint density at radius 2 is 2.00 bits per heavy atom. The average Bonchev–Trinajstić information content (AvgIpc) is 3.00. The van der Waals surface area contributed by atoms with E-state index in [-0.39, 0.29) is 11.9 Å². The number of fused-ring (bicyclic) bond motifs is 1. The standard InChI is InChI=1S/C19H24N4O/c1-13-8-15(3)23(20-13)17-10-21(11-17)12-19(24)22-14(2)9-16-6-4-5-7-18(16)22/h4-8,14,17H,9-12H2,1-3H3. The van der Waals surface area contributed by atoms with Gasteiger partial charge in [0.05, 0.1) is 18.3 Å². The van der Waals surface area contributed by atoms with Crippen molar-refractivity contribution in [2.45, 2.75) is 39.3 Å². The minimum absolute atomic E-state index is 0.208. The van der Waals surface area contributed by atoms with Crippen LogP contribution in [-0.2, 0) is 11.2 Å². The molecule has 0 aliphatic carbocycles. The van der Waals surface area contributed by atoms with E-state index in [9.17, 15) is 4.79 Å². The summed E-state index contributed by atoms with van der Waals surface area (Å²) in [5, 5.41) is 4.56. The van der Waals surface area contributed by atoms with Crippen molar-refractivity contribution in [3.05, 3.63) is 47.3 Å². The first-order valence-electron chi connectivity index (χ1n) is 8.68. The van der Waals surface area contributed by atoms with E-state index in [1.54, 1.807) is 0 Å². The van der Waals surface area contributed by atoms with Gasteiger partial charge in [0.25, 0.3) is 0 Å². The van der Waals surface area contributed by atoms with Crippen molar-refractivity contribution in [3.63, 3.8) is 0 Å². The normalized spacial score (nSPS) is 21.0. The van der Waals surface area contributed by atoms with Crippen LogP contribution in [-0.4, -0.2) is 46.3 Å². The molecule has 1 aromatic heterocycles. The molecular formula is C19H24N4O. The Morgan fingerprint density at radius 1 is 1.25 bits per heavy atom. The molecule has 1 aromatic carbocycles. The predicted molar refractivity (Wildman–Crippen MR) is 94.3 cm³/mol. The van der Waals surface area contributed by atoms with E-state index in [4.69, 9.17) is 0 Å². The lowest BCUT2D eigenvalue weighted by Crippen LogP contribution is -2.53. The maximum absolute atomic E-state index is 12.8. The number of hydrogen-bond acceptors (Lipinski definition) is 3. The minimum atomic E-state index is 0.208. The highest BCUT2D eigenvalue weighted by molar-refractivity contribution is 5.97. The Kier molecular flexibility index (Phi) is 3.68. The van der Waals surface area contributed by atoms with Crippen molar-refractivity contribution < 1.29 is 4.79 Å². The van der Waals surface area contributed by atoms with Gasteiger partial charge in [-0.05, 0) is 44.9 Å². The molecule has 2 aliphatic heterocycles. The van der Waals surface area contributed by atoms with Gasteiger partial charge >= 0.3 is 0 Å². The summed E-state index contributed by atoms with van der Waals surface area (Å²) in [4.78, 5) is 17.0. The lowest BCUT2D eigenvalue weighted by atomic mass is 10.1. The van der Waals surface area contributed by atoms with Crippen LogP contribution in [0.4, 0.5) is 5.69 Å². The van der Waals surface area contributed by atoms with Crippen LogP contribution < -0.4 is 4.90 Å². The van der Waals surface area contributed by atoms with Gasteiger partial charge in [-0.2, -0.15) is 5.10 Å². The molecule has 0 bridgehead atoms. The Morgan fingerprint density at radius 3 is 2.71 bits per heavy atom. The van der Waals surface area contributed by atoms with Gasteiger partial charge in [0, 0.05) is 30.5 Å². The molecule has 0 N–H and O–H groups in total. The van der Waals surface area contributed by atoms with Gasteiger partial charge in [-0.15, -0.1) is 0 Å². The molecule has 24 heavy (non-hydrogen) atoms. The SMILES string of the molecule is Cc1cc(C)n(C2CN(CC(=O)N3c4ccccc4CC3C)C2)n1. The molecule has 1 amide bonds. The van der Waals surface area contributed by atoms with Crippen LogP contribution >= 0.6 is 0 Å². The molecule has 4 rings (SSSR count). The number of carbonyl (C=O) groups is 1. The fraction of sp³-hybridized carbons (Fsp3) is 0.474. The number of benzene rings is 1. The van der Waals surface area contributed by atoms with Gasteiger partial charge in [-0.1, -0.05) is 18.2 Å². The van der Waals surface area contributed by atoms with Crippen LogP contribution in [0.5, 0.6) is 0 Å². The Labute approximate surface area is 142 Å². The van der Waals surface area contributed by atoms with Gasteiger partial charge < -0.3 is 4.90 Å². The number of aromatic nitrogens is 2. The monoisotopic (exact) mass is 324 g/mol. The number of likely N-dealkylation sites (tertiary alicyclic amines) is 1. The third kappa shape index (κ3) is 2.53. The molecule has 2 aromatic rings. The fourth-order valence-corrected chi connectivity index (χ4v) is 4.06. The van der Waals surface area contributed by atoms with Crippen LogP contribution in [0.1, 0.15) is 29.9 Å². The largest absolute Gasteiger partial charge is 0.308 e. The summed E-state index contributed by atoms with van der Waals surface area (Å²) in [5.41, 5.74) is 4.63. The first-order valence-corrected chi connectivity index (χ1v) is 8.68. The average molecular weight is 324 g/mol. The van der Waals surface area contributed by atoms with Crippen molar-refractivity contribution in [2.75, 3.05) is 24.5 Å². The predicted octanol–water partition coefficient (Wildman–Crippen LogP) is 2.33. The van der Waals surface area contributed by atoms with E-state index in [1.165, 1.54) is 11.3 Å². The maximum Gasteiger partial charge on any atom is 0.241 e. The van der Waals surface area contributed by atoms with Crippen LogP contribution in [0, 0.1) is 13.8 Å². The molecule has 1 atom stereocenters. The van der Waals surface area contributed by atoms with Gasteiger partial charge in [0.1, 0.15) is 0 Å². The molecule has 0 radical (unpaired) electrons. The summed E-state index contributed by atoms with van der Waals surface area (Å²) in [7, 11) is 0. The van der Waals surface area contributed by atoms with Gasteiger partial charge in [0.2, 0.25) is 5.91 Å². The zero-order valence-electron chi connectivity index (χ0n) is 14.6. The number of rotatable bonds is 3. The fourth-order valence-electron chi connectivity index (χ4n) is 4.06. The second-order valence-electron chi connectivity index (χ2n) is 7.17. The Balaban J connectivity index is 1.39. The highest BCUT2D eigenvalue weighted by atomic mass is 16.2. The summed E-state index contributed by atoms with van der Waals surface area (Å²) >= 11 is 0. The van der Waals surface area contributed by atoms with Crippen molar-refractivity contribution >= 4 is 11.6 Å². The summed E-state index contributed by atoms with van der Waals surface area (Å²) in [6, 6.07) is 11.0. The maximum atomic E-state index is 12.8. The van der Waals surface area contributed by atoms with E-state index in [0.717, 1.165) is 30.9 Å². The van der Waals surface area contributed by atoms with Crippen LogP contribution in [0.25, 0.3) is 0 Å². The zero-order chi connectivity index (χ0) is 16.8. The number of para-hydroxylation sites is 1. The highest BCUT2D eigenvalue weighted by Gasteiger charge is 2.35. The van der Waals surface area contributed by atoms with E-state index < -0.39 is 0 Å². The molecule has 5 nitrogen and oxygen atoms in total. The molecule has 5 heteroatoms. The summed E-state index contributed by atoms with van der Waals surface area (Å²) < 4.78 is 2.10. The zero-order valence-corrected chi connectivity index (χ0v) is 14.6. The summed E-state index contributed by atoms with van der Waals surface area (Å²) in [5.74, 6) is 0.208. The topological polar surface area (TPSA) is 41.4 Å². The van der Waals surface area contributed by atoms with Crippen molar-refractivity contribution in [2.24, 2.45) is 0 Å². The number of amides is 1. The lowest BCUT2D eigenvalue weighted by molar-refractivity contribution is -0.121. The van der Waals surface area contributed by atoms with Crippen LogP contribution in [0.2, 0.25) is 0 Å². The van der Waals surface area contributed by atoms with Crippen LogP contribution in [0.3, 0.4) is 0 Å². The van der Waals surface area contributed by atoms with Crippen LogP contribution in [0.15, 0.2) is 30.3 Å². The molecule has 2 aliphatic rings. The summed E-state index contributed by atoms with van der Waals surface area (Å²) in [6.07, 6.45) is 0.955. The summed E-state index contributed by atoms with van der Waals surface area (Å²) in [6.45, 7) is 8.54. The number of aryl methyl sites for hydroxylation is 2. The quantitative estimate of drug-likeness (QED) is 0.870. The molecular weight excluding hydrogens is 300 g/mol. The van der Waals surface area contributed by atoms with Gasteiger partial charge in [-0.25, -0.2) is 0 Å². The second-order valence-corrected chi connectivity index (χ2v) is 7.17. The third-order valence-electron chi connectivity index (χ3n) is 5.16. The number of anilines is 1. The molecule has 0 spiro atoms. The lowest BCUT2D eigenvalue weighted by Gasteiger charge is -2.40. The third-order valence-corrected chi connectivity index (χ3v) is 5.16. The Hall–Kier alpha value is -2.14. The first kappa shape index (κ1) is 15.4. The highest BCUT2D eigenvalue weighted by Crippen LogP contribution is 2.32.